The Bertz CT molecular complexity index is 823. The van der Waals surface area contributed by atoms with E-state index in [9.17, 15) is 4.79 Å². The van der Waals surface area contributed by atoms with Gasteiger partial charge in [0.1, 0.15) is 0 Å². The number of halogens is 1. The average Bonchev–Trinajstić information content (AvgIpc) is 3.08. The third kappa shape index (κ3) is 6.32. The summed E-state index contributed by atoms with van der Waals surface area (Å²) in [7, 11) is -1.54. The zero-order valence-electron chi connectivity index (χ0n) is 17.9. The van der Waals surface area contributed by atoms with E-state index in [-0.39, 0.29) is 11.8 Å². The highest BCUT2D eigenvalue weighted by Gasteiger charge is 2.27. The second-order valence-electron chi connectivity index (χ2n) is 8.72. The van der Waals surface area contributed by atoms with Crippen LogP contribution in [0.2, 0.25) is 24.2 Å². The number of amides is 1. The molecule has 0 radical (unpaired) electrons. The maximum atomic E-state index is 12.9. The van der Waals surface area contributed by atoms with Crippen LogP contribution in [0.4, 0.5) is 0 Å². The third-order valence-electron chi connectivity index (χ3n) is 5.79. The number of aromatic nitrogens is 1. The zero-order valence-corrected chi connectivity index (χ0v) is 19.7. The van der Waals surface area contributed by atoms with Gasteiger partial charge in [-0.15, -0.1) is 0 Å². The summed E-state index contributed by atoms with van der Waals surface area (Å²) in [6.45, 7) is 10.4. The fourth-order valence-corrected chi connectivity index (χ4v) is 6.19. The molecule has 0 spiro atoms. The Kier molecular flexibility index (Phi) is 7.79. The van der Waals surface area contributed by atoms with Gasteiger partial charge in [-0.2, -0.15) is 0 Å². The standard InChI is InChI=1S/C22H34ClN3O2Si/c1-4-5-15-29(2,3)28-14-13-25-11-6-7-19(17-25)22(27)24-26-12-10-18-16-20(23)8-9-21(18)26/h8-10,12,16,19H,4-7,11,13-15,17H2,1-3H3,(H,24,27). The van der Waals surface area contributed by atoms with Gasteiger partial charge in [0, 0.05) is 36.3 Å². The Balaban J connectivity index is 1.50. The van der Waals surface area contributed by atoms with E-state index in [0.717, 1.165) is 50.0 Å². The van der Waals surface area contributed by atoms with E-state index < -0.39 is 8.32 Å². The monoisotopic (exact) mass is 435 g/mol. The summed E-state index contributed by atoms with van der Waals surface area (Å²) in [5.74, 6) is 0.0968. The minimum atomic E-state index is -1.54. The quantitative estimate of drug-likeness (QED) is 0.557. The number of nitrogens with zero attached hydrogens (tertiary/aromatic N) is 2. The number of carbonyl (C=O) groups is 1. The van der Waals surface area contributed by atoms with Crippen LogP contribution in [0, 0.1) is 5.92 Å². The van der Waals surface area contributed by atoms with Crippen LogP contribution in [0.1, 0.15) is 32.6 Å². The van der Waals surface area contributed by atoms with Crippen molar-refractivity contribution in [2.75, 3.05) is 31.7 Å². The van der Waals surface area contributed by atoms with Crippen LogP contribution in [0.25, 0.3) is 10.9 Å². The van der Waals surface area contributed by atoms with Gasteiger partial charge in [0.15, 0.2) is 8.32 Å². The number of carbonyl (C=O) groups excluding carboxylic acids is 1. The molecule has 1 amide bonds. The lowest BCUT2D eigenvalue weighted by atomic mass is 9.97. The summed E-state index contributed by atoms with van der Waals surface area (Å²) in [5, 5.41) is 1.72. The molecule has 2 heterocycles. The normalized spacial score (nSPS) is 18.3. The van der Waals surface area contributed by atoms with Crippen molar-refractivity contribution in [3.05, 3.63) is 35.5 Å². The molecule has 29 heavy (non-hydrogen) atoms. The molecule has 3 rings (SSSR count). The first-order valence-electron chi connectivity index (χ1n) is 10.8. The molecule has 1 atom stereocenters. The highest BCUT2D eigenvalue weighted by atomic mass is 35.5. The molecule has 1 saturated heterocycles. The second-order valence-corrected chi connectivity index (χ2v) is 13.5. The predicted molar refractivity (Wildman–Crippen MR) is 124 cm³/mol. The van der Waals surface area contributed by atoms with Crippen molar-refractivity contribution < 1.29 is 9.22 Å². The molecule has 5 nitrogen and oxygen atoms in total. The Morgan fingerprint density at radius 1 is 1.34 bits per heavy atom. The smallest absolute Gasteiger partial charge is 0.243 e. The minimum Gasteiger partial charge on any atom is -0.416 e. The van der Waals surface area contributed by atoms with Crippen molar-refractivity contribution in [1.82, 2.24) is 9.58 Å². The molecule has 1 aliphatic heterocycles. The molecular weight excluding hydrogens is 402 g/mol. The van der Waals surface area contributed by atoms with Crippen LogP contribution in [0.5, 0.6) is 0 Å². The number of fused-ring (bicyclic) bond motifs is 1. The van der Waals surface area contributed by atoms with Gasteiger partial charge in [0.25, 0.3) is 0 Å². The first-order chi connectivity index (χ1) is 13.9. The molecule has 1 aliphatic rings. The lowest BCUT2D eigenvalue weighted by Crippen LogP contribution is -2.44. The van der Waals surface area contributed by atoms with E-state index in [1.54, 1.807) is 4.68 Å². The molecule has 1 fully saturated rings. The van der Waals surface area contributed by atoms with Crippen molar-refractivity contribution in [2.45, 2.75) is 51.7 Å². The molecule has 0 bridgehead atoms. The summed E-state index contributed by atoms with van der Waals surface area (Å²) in [5.41, 5.74) is 4.02. The largest absolute Gasteiger partial charge is 0.416 e. The van der Waals surface area contributed by atoms with Gasteiger partial charge in [-0.3, -0.25) is 14.9 Å². The predicted octanol–water partition coefficient (Wildman–Crippen LogP) is 5.10. The van der Waals surface area contributed by atoms with E-state index in [2.05, 4.69) is 30.3 Å². The van der Waals surface area contributed by atoms with Gasteiger partial charge in [-0.1, -0.05) is 31.4 Å². The number of unbranched alkanes of at least 4 members (excludes halogenated alkanes) is 1. The Hall–Kier alpha value is -1.34. The van der Waals surface area contributed by atoms with Crippen LogP contribution < -0.4 is 5.43 Å². The van der Waals surface area contributed by atoms with Crippen LogP contribution in [0.15, 0.2) is 30.5 Å². The van der Waals surface area contributed by atoms with Crippen molar-refractivity contribution >= 4 is 36.7 Å². The van der Waals surface area contributed by atoms with Gasteiger partial charge in [-0.25, -0.2) is 0 Å². The summed E-state index contributed by atoms with van der Waals surface area (Å²) in [6, 6.07) is 8.89. The van der Waals surface area contributed by atoms with Gasteiger partial charge < -0.3 is 9.33 Å². The molecule has 2 aromatic rings. The number of likely N-dealkylation sites (tertiary alicyclic amines) is 1. The highest BCUT2D eigenvalue weighted by molar-refractivity contribution is 6.71. The first-order valence-corrected chi connectivity index (χ1v) is 14.3. The van der Waals surface area contributed by atoms with Gasteiger partial charge in [0.2, 0.25) is 5.91 Å². The van der Waals surface area contributed by atoms with E-state index >= 15 is 0 Å². The van der Waals surface area contributed by atoms with E-state index in [1.807, 2.05) is 30.5 Å². The number of hydrogen-bond acceptors (Lipinski definition) is 3. The number of piperidine rings is 1. The lowest BCUT2D eigenvalue weighted by Gasteiger charge is -2.33. The number of benzene rings is 1. The van der Waals surface area contributed by atoms with E-state index in [0.29, 0.717) is 5.02 Å². The average molecular weight is 436 g/mol. The molecule has 1 aromatic heterocycles. The summed E-state index contributed by atoms with van der Waals surface area (Å²) >= 11 is 6.06. The molecule has 1 N–H and O–H groups in total. The summed E-state index contributed by atoms with van der Waals surface area (Å²) < 4.78 is 8.06. The summed E-state index contributed by atoms with van der Waals surface area (Å²) in [6.07, 6.45) is 6.36. The number of rotatable bonds is 9. The number of nitrogens with one attached hydrogen (secondary N) is 1. The molecule has 1 unspecified atom stereocenters. The zero-order chi connectivity index (χ0) is 20.9. The third-order valence-corrected chi connectivity index (χ3v) is 8.57. The first kappa shape index (κ1) is 22.3. The lowest BCUT2D eigenvalue weighted by molar-refractivity contribution is -0.122. The molecule has 160 valence electrons. The minimum absolute atomic E-state index is 0.0128. The van der Waals surface area contributed by atoms with Crippen LogP contribution in [-0.4, -0.2) is 50.0 Å². The molecule has 1 aromatic carbocycles. The molecule has 0 saturated carbocycles. The van der Waals surface area contributed by atoms with Crippen molar-refractivity contribution in [3.8, 4) is 0 Å². The maximum Gasteiger partial charge on any atom is 0.243 e. The van der Waals surface area contributed by atoms with Gasteiger partial charge in [0.05, 0.1) is 11.4 Å². The Morgan fingerprint density at radius 2 is 2.17 bits per heavy atom. The number of hydrogen-bond donors (Lipinski definition) is 1. The van der Waals surface area contributed by atoms with Crippen molar-refractivity contribution in [3.63, 3.8) is 0 Å². The van der Waals surface area contributed by atoms with Crippen molar-refractivity contribution in [2.24, 2.45) is 5.92 Å². The Labute approximate surface area is 180 Å². The van der Waals surface area contributed by atoms with Crippen LogP contribution >= 0.6 is 11.6 Å². The highest BCUT2D eigenvalue weighted by Crippen LogP contribution is 2.21. The van der Waals surface area contributed by atoms with Gasteiger partial charge >= 0.3 is 0 Å². The maximum absolute atomic E-state index is 12.9. The van der Waals surface area contributed by atoms with Gasteiger partial charge in [-0.05, 0) is 62.8 Å². The van der Waals surface area contributed by atoms with E-state index in [1.165, 1.54) is 18.9 Å². The van der Waals surface area contributed by atoms with E-state index in [4.69, 9.17) is 16.0 Å². The second kappa shape index (κ2) is 10.1. The Morgan fingerprint density at radius 3 is 2.97 bits per heavy atom. The topological polar surface area (TPSA) is 46.5 Å². The van der Waals surface area contributed by atoms with Crippen molar-refractivity contribution in [1.29, 1.82) is 0 Å². The van der Waals surface area contributed by atoms with Crippen LogP contribution in [-0.2, 0) is 9.22 Å². The fraction of sp³-hybridized carbons (Fsp3) is 0.591. The SMILES string of the molecule is CCCC[Si](C)(C)OCCN1CCCC(C(=O)Nn2ccc3cc(Cl)ccc32)C1. The fourth-order valence-electron chi connectivity index (χ4n) is 4.02. The van der Waals surface area contributed by atoms with Crippen LogP contribution in [0.3, 0.4) is 0 Å². The summed E-state index contributed by atoms with van der Waals surface area (Å²) in [4.78, 5) is 15.2. The molecular formula is C22H34ClN3O2Si. The molecule has 7 heteroatoms. The molecule has 0 aliphatic carbocycles.